The lowest BCUT2D eigenvalue weighted by Gasteiger charge is -2.37. The zero-order valence-electron chi connectivity index (χ0n) is 16.5. The van der Waals surface area contributed by atoms with E-state index in [9.17, 15) is 13.2 Å². The number of rotatable bonds is 6. The van der Waals surface area contributed by atoms with E-state index in [1.807, 2.05) is 24.3 Å². The largest absolute Gasteiger partial charge is 0.353 e. The summed E-state index contributed by atoms with van der Waals surface area (Å²) in [5, 5.41) is 0. The Morgan fingerprint density at radius 2 is 1.71 bits per heavy atom. The van der Waals surface area contributed by atoms with Gasteiger partial charge in [0.05, 0.1) is 3.79 Å². The maximum atomic E-state index is 13.4. The number of benzene rings is 1. The molecule has 31 heavy (non-hydrogen) atoms. The molecule has 10 heteroatoms. The van der Waals surface area contributed by atoms with Crippen LogP contribution in [0.25, 0.3) is 0 Å². The third-order valence-corrected chi connectivity index (χ3v) is 8.57. The van der Waals surface area contributed by atoms with Crippen molar-refractivity contribution in [2.75, 3.05) is 31.1 Å². The van der Waals surface area contributed by atoms with Crippen LogP contribution in [0.1, 0.15) is 11.6 Å². The molecule has 1 N–H and O–H groups in total. The molecule has 1 aliphatic heterocycles. The molecule has 2 aromatic heterocycles. The summed E-state index contributed by atoms with van der Waals surface area (Å²) in [6.45, 7) is 2.25. The summed E-state index contributed by atoms with van der Waals surface area (Å²) < 4.78 is 29.4. The fourth-order valence-corrected chi connectivity index (χ4v) is 6.65. The smallest absolute Gasteiger partial charge is 0.251 e. The van der Waals surface area contributed by atoms with Crippen LogP contribution in [-0.2, 0) is 14.8 Å². The van der Waals surface area contributed by atoms with Crippen molar-refractivity contribution >= 4 is 49.0 Å². The van der Waals surface area contributed by atoms with Gasteiger partial charge in [-0.2, -0.15) is 4.72 Å². The molecule has 1 aliphatic rings. The molecule has 0 bridgehead atoms. The highest BCUT2D eigenvalue weighted by Gasteiger charge is 2.33. The average Bonchev–Trinajstić information content (AvgIpc) is 3.26. The zero-order chi connectivity index (χ0) is 21.8. The fourth-order valence-electron chi connectivity index (χ4n) is 3.44. The number of amides is 1. The molecule has 4 rings (SSSR count). The van der Waals surface area contributed by atoms with Crippen molar-refractivity contribution in [2.45, 2.75) is 10.3 Å². The molecule has 1 amide bonds. The molecule has 7 nitrogen and oxygen atoms in total. The minimum Gasteiger partial charge on any atom is -0.353 e. The van der Waals surface area contributed by atoms with Crippen LogP contribution in [0.15, 0.2) is 74.9 Å². The predicted molar refractivity (Wildman–Crippen MR) is 125 cm³/mol. The number of aromatic nitrogens is 1. The normalized spacial score (nSPS) is 15.6. The number of hydrogen-bond donors (Lipinski definition) is 1. The van der Waals surface area contributed by atoms with E-state index in [-0.39, 0.29) is 10.1 Å². The van der Waals surface area contributed by atoms with Crippen LogP contribution >= 0.6 is 27.3 Å². The van der Waals surface area contributed by atoms with E-state index in [2.05, 4.69) is 30.5 Å². The fraction of sp³-hybridized carbons (Fsp3) is 0.238. The Morgan fingerprint density at radius 1 is 1.00 bits per heavy atom. The summed E-state index contributed by atoms with van der Waals surface area (Å²) in [6.07, 6.45) is 1.75. The van der Waals surface area contributed by atoms with E-state index in [0.717, 1.165) is 17.2 Å². The predicted octanol–water partition coefficient (Wildman–Crippen LogP) is 3.27. The summed E-state index contributed by atoms with van der Waals surface area (Å²) in [5.41, 5.74) is 0.610. The van der Waals surface area contributed by atoms with E-state index >= 15 is 0 Å². The molecule has 3 heterocycles. The SMILES string of the molecule is O=C(C(NS(=O)(=O)c1ccc(Br)s1)c1ccccc1)N1CCN(c2ccccn2)CC1. The second kappa shape index (κ2) is 9.47. The molecule has 0 saturated carbocycles. The van der Waals surface area contributed by atoms with Gasteiger partial charge in [0.1, 0.15) is 16.1 Å². The lowest BCUT2D eigenvalue weighted by Crippen LogP contribution is -2.52. The Bertz CT molecular complexity index is 1130. The number of sulfonamides is 1. The highest BCUT2D eigenvalue weighted by molar-refractivity contribution is 9.11. The standard InChI is InChI=1S/C21H21BrN4O3S2/c22-17-9-10-19(30-17)31(28,29)24-20(16-6-2-1-3-7-16)21(27)26-14-12-25(13-15-26)18-8-4-5-11-23-18/h1-11,20,24H,12-15H2. The highest BCUT2D eigenvalue weighted by atomic mass is 79.9. The number of carbonyl (C=O) groups is 1. The van der Waals surface area contributed by atoms with Gasteiger partial charge in [0.15, 0.2) is 0 Å². The van der Waals surface area contributed by atoms with Gasteiger partial charge in [0.25, 0.3) is 10.0 Å². The molecular formula is C21H21BrN4O3S2. The van der Waals surface area contributed by atoms with Crippen LogP contribution in [0.4, 0.5) is 5.82 Å². The minimum atomic E-state index is -3.85. The quantitative estimate of drug-likeness (QED) is 0.539. The van der Waals surface area contributed by atoms with Gasteiger partial charge >= 0.3 is 0 Å². The molecule has 162 valence electrons. The molecule has 1 atom stereocenters. The van der Waals surface area contributed by atoms with Gasteiger partial charge in [-0.05, 0) is 45.8 Å². The first kappa shape index (κ1) is 21.9. The van der Waals surface area contributed by atoms with Gasteiger partial charge in [-0.25, -0.2) is 13.4 Å². The van der Waals surface area contributed by atoms with Gasteiger partial charge in [0.2, 0.25) is 5.91 Å². The topological polar surface area (TPSA) is 82.6 Å². The third kappa shape index (κ3) is 5.15. The maximum absolute atomic E-state index is 13.4. The van der Waals surface area contributed by atoms with Gasteiger partial charge in [-0.3, -0.25) is 4.79 Å². The molecule has 3 aromatic rings. The van der Waals surface area contributed by atoms with E-state index in [4.69, 9.17) is 0 Å². The second-order valence-corrected chi connectivity index (χ2v) is 11.4. The summed E-state index contributed by atoms with van der Waals surface area (Å²) in [7, 11) is -3.85. The Balaban J connectivity index is 1.53. The van der Waals surface area contributed by atoms with Gasteiger partial charge in [0, 0.05) is 32.4 Å². The van der Waals surface area contributed by atoms with Crippen molar-refractivity contribution in [1.29, 1.82) is 0 Å². The summed E-state index contributed by atoms with van der Waals surface area (Å²) >= 11 is 4.40. The van der Waals surface area contributed by atoms with Crippen molar-refractivity contribution in [2.24, 2.45) is 0 Å². The van der Waals surface area contributed by atoms with Gasteiger partial charge in [-0.1, -0.05) is 36.4 Å². The van der Waals surface area contributed by atoms with Crippen LogP contribution in [0, 0.1) is 0 Å². The number of carbonyl (C=O) groups excluding carboxylic acids is 1. The monoisotopic (exact) mass is 520 g/mol. The molecule has 0 aliphatic carbocycles. The molecular weight excluding hydrogens is 500 g/mol. The molecule has 1 saturated heterocycles. The summed E-state index contributed by atoms with van der Waals surface area (Å²) in [4.78, 5) is 21.6. The first-order valence-corrected chi connectivity index (χ1v) is 12.8. The zero-order valence-corrected chi connectivity index (χ0v) is 19.7. The van der Waals surface area contributed by atoms with E-state index in [0.29, 0.717) is 35.5 Å². The number of piperazine rings is 1. The minimum absolute atomic E-state index is 0.160. The molecule has 1 unspecified atom stereocenters. The lowest BCUT2D eigenvalue weighted by atomic mass is 10.1. The molecule has 1 fully saturated rings. The van der Waals surface area contributed by atoms with Crippen LogP contribution in [0.2, 0.25) is 0 Å². The number of anilines is 1. The van der Waals surface area contributed by atoms with Crippen LogP contribution in [0.3, 0.4) is 0 Å². The molecule has 0 radical (unpaired) electrons. The number of halogens is 1. The van der Waals surface area contributed by atoms with Crippen molar-refractivity contribution in [3.05, 3.63) is 76.2 Å². The van der Waals surface area contributed by atoms with Crippen molar-refractivity contribution in [1.82, 2.24) is 14.6 Å². The number of thiophene rings is 1. The van der Waals surface area contributed by atoms with Crippen LogP contribution < -0.4 is 9.62 Å². The van der Waals surface area contributed by atoms with Crippen molar-refractivity contribution in [3.63, 3.8) is 0 Å². The number of hydrogen-bond acceptors (Lipinski definition) is 6. The second-order valence-electron chi connectivity index (χ2n) is 7.02. The Hall–Kier alpha value is -2.27. The maximum Gasteiger partial charge on any atom is 0.251 e. The first-order valence-electron chi connectivity index (χ1n) is 9.71. The molecule has 0 spiro atoms. The van der Waals surface area contributed by atoms with E-state index < -0.39 is 16.1 Å². The van der Waals surface area contributed by atoms with Crippen LogP contribution in [-0.4, -0.2) is 50.4 Å². The summed E-state index contributed by atoms with van der Waals surface area (Å²) in [5.74, 6) is 0.615. The van der Waals surface area contributed by atoms with Gasteiger partial charge in [-0.15, -0.1) is 11.3 Å². The number of nitrogens with zero attached hydrogens (tertiary/aromatic N) is 3. The Kier molecular flexibility index (Phi) is 6.71. The highest BCUT2D eigenvalue weighted by Crippen LogP contribution is 2.28. The number of pyridine rings is 1. The summed E-state index contributed by atoms with van der Waals surface area (Å²) in [6, 6.07) is 16.9. The van der Waals surface area contributed by atoms with Crippen LogP contribution in [0.5, 0.6) is 0 Å². The van der Waals surface area contributed by atoms with Gasteiger partial charge < -0.3 is 9.80 Å². The Labute approximate surface area is 193 Å². The van der Waals surface area contributed by atoms with Crippen molar-refractivity contribution in [3.8, 4) is 0 Å². The Morgan fingerprint density at radius 3 is 2.32 bits per heavy atom. The average molecular weight is 521 g/mol. The van der Waals surface area contributed by atoms with Crippen molar-refractivity contribution < 1.29 is 13.2 Å². The third-order valence-electron chi connectivity index (χ3n) is 5.03. The van der Waals surface area contributed by atoms with E-state index in [1.165, 1.54) is 6.07 Å². The first-order chi connectivity index (χ1) is 14.9. The number of nitrogens with one attached hydrogen (secondary N) is 1. The van der Waals surface area contributed by atoms with E-state index in [1.54, 1.807) is 41.4 Å². The lowest BCUT2D eigenvalue weighted by molar-refractivity contribution is -0.133. The molecule has 1 aromatic carbocycles.